The van der Waals surface area contributed by atoms with E-state index in [1.165, 1.54) is 69.8 Å². The second-order valence-corrected chi connectivity index (χ2v) is 5.90. The number of unbranched alkanes of at least 4 members (excludes halogenated alkanes) is 6. The molecule has 0 saturated heterocycles. The third-order valence-corrected chi connectivity index (χ3v) is 4.11. The molecule has 0 saturated carbocycles. The Hall–Kier alpha value is -1.12. The standard InChI is InChI=1S/C18H32N2O/c1-4-6-8-10-12-16(13-11-9-7-5-2)17-14-19-18(21-3)20-15-17/h14-16H,4-13H2,1-3H3. The molecule has 0 aliphatic carbocycles. The van der Waals surface area contributed by atoms with Crippen LogP contribution >= 0.6 is 0 Å². The minimum Gasteiger partial charge on any atom is -0.467 e. The van der Waals surface area contributed by atoms with E-state index in [2.05, 4.69) is 23.8 Å². The highest BCUT2D eigenvalue weighted by molar-refractivity contribution is 5.13. The van der Waals surface area contributed by atoms with Gasteiger partial charge in [0.2, 0.25) is 0 Å². The van der Waals surface area contributed by atoms with E-state index < -0.39 is 0 Å². The highest BCUT2D eigenvalue weighted by Gasteiger charge is 2.12. The summed E-state index contributed by atoms with van der Waals surface area (Å²) < 4.78 is 5.05. The molecule has 1 aromatic rings. The Morgan fingerprint density at radius 2 is 1.38 bits per heavy atom. The third kappa shape index (κ3) is 7.45. The smallest absolute Gasteiger partial charge is 0.316 e. The molecule has 1 heterocycles. The van der Waals surface area contributed by atoms with Crippen molar-refractivity contribution in [2.45, 2.75) is 84.0 Å². The van der Waals surface area contributed by atoms with Crippen molar-refractivity contribution in [1.82, 2.24) is 9.97 Å². The van der Waals surface area contributed by atoms with Gasteiger partial charge in [0.25, 0.3) is 0 Å². The lowest BCUT2D eigenvalue weighted by Gasteiger charge is -2.17. The monoisotopic (exact) mass is 292 g/mol. The van der Waals surface area contributed by atoms with E-state index in [0.29, 0.717) is 11.9 Å². The summed E-state index contributed by atoms with van der Waals surface area (Å²) >= 11 is 0. The third-order valence-electron chi connectivity index (χ3n) is 4.11. The Bertz CT molecular complexity index is 339. The van der Waals surface area contributed by atoms with Crippen LogP contribution in [0.5, 0.6) is 6.01 Å². The van der Waals surface area contributed by atoms with Crippen molar-refractivity contribution in [3.05, 3.63) is 18.0 Å². The summed E-state index contributed by atoms with van der Waals surface area (Å²) in [5.41, 5.74) is 1.28. The minimum absolute atomic E-state index is 0.467. The fourth-order valence-corrected chi connectivity index (χ4v) is 2.76. The molecule has 0 bridgehead atoms. The lowest BCUT2D eigenvalue weighted by molar-refractivity contribution is 0.378. The van der Waals surface area contributed by atoms with Gasteiger partial charge in [0.05, 0.1) is 7.11 Å². The fourth-order valence-electron chi connectivity index (χ4n) is 2.76. The largest absolute Gasteiger partial charge is 0.467 e. The Morgan fingerprint density at radius 3 is 1.81 bits per heavy atom. The molecule has 1 aromatic heterocycles. The van der Waals surface area contributed by atoms with Crippen molar-refractivity contribution >= 4 is 0 Å². The Labute approximate surface area is 130 Å². The van der Waals surface area contributed by atoms with Gasteiger partial charge in [-0.3, -0.25) is 0 Å². The molecule has 1 rings (SSSR count). The predicted octanol–water partition coefficient (Wildman–Crippen LogP) is 5.51. The van der Waals surface area contributed by atoms with Crippen LogP contribution in [-0.2, 0) is 0 Å². The van der Waals surface area contributed by atoms with Gasteiger partial charge < -0.3 is 4.74 Å². The first-order valence-corrected chi connectivity index (χ1v) is 8.67. The Kier molecular flexibility index (Phi) is 9.84. The lowest BCUT2D eigenvalue weighted by Crippen LogP contribution is -2.02. The summed E-state index contributed by atoms with van der Waals surface area (Å²) in [5, 5.41) is 0. The number of hydrogen-bond donors (Lipinski definition) is 0. The van der Waals surface area contributed by atoms with E-state index in [9.17, 15) is 0 Å². The summed E-state index contributed by atoms with van der Waals surface area (Å²) in [7, 11) is 1.61. The molecule has 120 valence electrons. The molecule has 3 nitrogen and oxygen atoms in total. The molecule has 0 aliphatic heterocycles. The number of nitrogens with zero attached hydrogens (tertiary/aromatic N) is 2. The summed E-state index contributed by atoms with van der Waals surface area (Å²) in [6, 6.07) is 0.467. The molecule has 0 radical (unpaired) electrons. The van der Waals surface area contributed by atoms with Crippen molar-refractivity contribution < 1.29 is 4.74 Å². The van der Waals surface area contributed by atoms with Crippen LogP contribution in [0.2, 0.25) is 0 Å². The number of aromatic nitrogens is 2. The second kappa shape index (κ2) is 11.5. The van der Waals surface area contributed by atoms with Crippen LogP contribution in [0.1, 0.15) is 89.5 Å². The molecular weight excluding hydrogens is 260 g/mol. The van der Waals surface area contributed by atoms with E-state index in [1.54, 1.807) is 7.11 Å². The van der Waals surface area contributed by atoms with Crippen LogP contribution in [0.25, 0.3) is 0 Å². The van der Waals surface area contributed by atoms with Gasteiger partial charge in [-0.2, -0.15) is 0 Å². The van der Waals surface area contributed by atoms with Crippen LogP contribution in [0.3, 0.4) is 0 Å². The number of methoxy groups -OCH3 is 1. The van der Waals surface area contributed by atoms with Crippen LogP contribution in [0.15, 0.2) is 12.4 Å². The van der Waals surface area contributed by atoms with Gasteiger partial charge in [0.1, 0.15) is 0 Å². The van der Waals surface area contributed by atoms with Crippen molar-refractivity contribution in [2.24, 2.45) is 0 Å². The van der Waals surface area contributed by atoms with Gasteiger partial charge >= 0.3 is 6.01 Å². The molecule has 0 aromatic carbocycles. The highest BCUT2D eigenvalue weighted by atomic mass is 16.5. The number of ether oxygens (including phenoxy) is 1. The molecule has 0 unspecified atom stereocenters. The zero-order valence-electron chi connectivity index (χ0n) is 14.1. The van der Waals surface area contributed by atoms with E-state index in [1.807, 2.05) is 12.4 Å². The van der Waals surface area contributed by atoms with Gasteiger partial charge in [-0.1, -0.05) is 65.2 Å². The zero-order chi connectivity index (χ0) is 15.3. The quantitative estimate of drug-likeness (QED) is 0.476. The molecule has 0 atom stereocenters. The maximum absolute atomic E-state index is 5.05. The van der Waals surface area contributed by atoms with Crippen molar-refractivity contribution in [1.29, 1.82) is 0 Å². The number of rotatable bonds is 12. The van der Waals surface area contributed by atoms with Crippen LogP contribution in [0.4, 0.5) is 0 Å². The first-order valence-electron chi connectivity index (χ1n) is 8.67. The SMILES string of the molecule is CCCCCCC(CCCCCC)c1cnc(OC)nc1. The minimum atomic E-state index is 0.467. The zero-order valence-corrected chi connectivity index (χ0v) is 14.1. The van der Waals surface area contributed by atoms with E-state index in [-0.39, 0.29) is 0 Å². The fraction of sp³-hybridized carbons (Fsp3) is 0.778. The lowest BCUT2D eigenvalue weighted by atomic mass is 9.90. The molecular formula is C18H32N2O. The first-order chi connectivity index (χ1) is 10.3. The molecule has 3 heteroatoms. The van der Waals surface area contributed by atoms with Crippen molar-refractivity contribution in [3.63, 3.8) is 0 Å². The average Bonchev–Trinajstić information content (AvgIpc) is 2.53. The van der Waals surface area contributed by atoms with Gasteiger partial charge in [0, 0.05) is 12.4 Å². The maximum atomic E-state index is 5.05. The maximum Gasteiger partial charge on any atom is 0.316 e. The predicted molar refractivity (Wildman–Crippen MR) is 88.8 cm³/mol. The van der Waals surface area contributed by atoms with E-state index in [0.717, 1.165) is 0 Å². The number of hydrogen-bond acceptors (Lipinski definition) is 3. The molecule has 0 fully saturated rings. The van der Waals surface area contributed by atoms with Gasteiger partial charge in [-0.15, -0.1) is 0 Å². The van der Waals surface area contributed by atoms with E-state index >= 15 is 0 Å². The van der Waals surface area contributed by atoms with Gasteiger partial charge in [-0.05, 0) is 24.3 Å². The summed E-state index contributed by atoms with van der Waals surface area (Å²) in [4.78, 5) is 8.55. The van der Waals surface area contributed by atoms with Crippen molar-refractivity contribution in [2.75, 3.05) is 7.11 Å². The van der Waals surface area contributed by atoms with Gasteiger partial charge in [-0.25, -0.2) is 9.97 Å². The average molecular weight is 292 g/mol. The normalized spacial score (nSPS) is 11.0. The van der Waals surface area contributed by atoms with Crippen LogP contribution in [-0.4, -0.2) is 17.1 Å². The van der Waals surface area contributed by atoms with Crippen LogP contribution < -0.4 is 4.74 Å². The molecule has 0 aliphatic rings. The van der Waals surface area contributed by atoms with E-state index in [4.69, 9.17) is 4.74 Å². The summed E-state index contributed by atoms with van der Waals surface area (Å²) in [6.45, 7) is 4.53. The molecule has 0 amide bonds. The summed E-state index contributed by atoms with van der Waals surface area (Å²) in [5.74, 6) is 0.615. The summed E-state index contributed by atoms with van der Waals surface area (Å²) in [6.07, 6.45) is 17.1. The van der Waals surface area contributed by atoms with Gasteiger partial charge in [0.15, 0.2) is 0 Å². The highest BCUT2D eigenvalue weighted by Crippen LogP contribution is 2.28. The molecule has 0 spiro atoms. The van der Waals surface area contributed by atoms with Crippen molar-refractivity contribution in [3.8, 4) is 6.01 Å². The van der Waals surface area contributed by atoms with Crippen LogP contribution in [0, 0.1) is 0 Å². The molecule has 0 N–H and O–H groups in total. The Morgan fingerprint density at radius 1 is 0.857 bits per heavy atom. The second-order valence-electron chi connectivity index (χ2n) is 5.90. The Balaban J connectivity index is 2.51. The molecule has 21 heavy (non-hydrogen) atoms. The first kappa shape index (κ1) is 17.9. The topological polar surface area (TPSA) is 35.0 Å².